The normalized spacial score (nSPS) is 20.5. The Morgan fingerprint density at radius 1 is 1.10 bits per heavy atom. The van der Waals surface area contributed by atoms with Crippen LogP contribution in [0.1, 0.15) is 23.1 Å². The highest BCUT2D eigenvalue weighted by molar-refractivity contribution is 7.15. The van der Waals surface area contributed by atoms with E-state index in [1.165, 1.54) is 11.3 Å². The topological polar surface area (TPSA) is 88.2 Å². The fourth-order valence-corrected chi connectivity index (χ4v) is 4.79. The maximum absolute atomic E-state index is 13.0. The summed E-state index contributed by atoms with van der Waals surface area (Å²) in [6, 6.07) is 19.3. The third kappa shape index (κ3) is 4.27. The molecule has 1 saturated heterocycles. The van der Waals surface area contributed by atoms with E-state index in [0.717, 1.165) is 26.7 Å². The minimum absolute atomic E-state index is 0.224. The van der Waals surface area contributed by atoms with E-state index in [9.17, 15) is 14.4 Å². The van der Waals surface area contributed by atoms with Crippen molar-refractivity contribution in [1.29, 1.82) is 0 Å². The van der Waals surface area contributed by atoms with Crippen LogP contribution in [0, 0.1) is 12.8 Å². The van der Waals surface area contributed by atoms with Crippen molar-refractivity contribution in [2.24, 2.45) is 5.92 Å². The van der Waals surface area contributed by atoms with Gasteiger partial charge in [0.15, 0.2) is 11.7 Å². The predicted molar refractivity (Wildman–Crippen MR) is 119 cm³/mol. The average Bonchev–Trinajstić information content (AvgIpc) is 3.24. The van der Waals surface area contributed by atoms with E-state index in [0.29, 0.717) is 6.42 Å². The summed E-state index contributed by atoms with van der Waals surface area (Å²) in [6.45, 7) is 3.78. The van der Waals surface area contributed by atoms with Gasteiger partial charge in [-0.15, -0.1) is 11.3 Å². The van der Waals surface area contributed by atoms with Gasteiger partial charge >= 0.3 is 0 Å². The molecule has 0 aliphatic carbocycles. The second-order valence-electron chi connectivity index (χ2n) is 7.89. The van der Waals surface area contributed by atoms with Gasteiger partial charge in [-0.25, -0.2) is 4.98 Å². The molecule has 2 unspecified atom stereocenters. The molecule has 1 fully saturated rings. The van der Waals surface area contributed by atoms with Gasteiger partial charge in [-0.3, -0.25) is 14.4 Å². The SMILES string of the molecule is Cc1nc(-c2ccccc2)sc1CNC(=O)C1C(=O)NC(C)(Cc2ccccc2)C1=O. The molecule has 2 N–H and O–H groups in total. The quantitative estimate of drug-likeness (QED) is 0.585. The Bertz CT molecular complexity index is 1130. The Hall–Kier alpha value is -3.32. The first-order chi connectivity index (χ1) is 14.9. The molecule has 0 spiro atoms. The van der Waals surface area contributed by atoms with Crippen LogP contribution in [0.25, 0.3) is 10.6 Å². The van der Waals surface area contributed by atoms with E-state index in [4.69, 9.17) is 0 Å². The summed E-state index contributed by atoms with van der Waals surface area (Å²) < 4.78 is 0. The van der Waals surface area contributed by atoms with Gasteiger partial charge in [0.2, 0.25) is 11.8 Å². The Morgan fingerprint density at radius 3 is 2.42 bits per heavy atom. The summed E-state index contributed by atoms with van der Waals surface area (Å²) in [4.78, 5) is 43.7. The largest absolute Gasteiger partial charge is 0.350 e. The van der Waals surface area contributed by atoms with E-state index >= 15 is 0 Å². The molecule has 0 radical (unpaired) electrons. The molecular formula is C24H23N3O3S. The highest BCUT2D eigenvalue weighted by atomic mass is 32.1. The molecule has 158 valence electrons. The fraction of sp³-hybridized carbons (Fsp3) is 0.250. The molecule has 2 atom stereocenters. The van der Waals surface area contributed by atoms with Crippen molar-refractivity contribution in [3.63, 3.8) is 0 Å². The Balaban J connectivity index is 1.44. The number of hydrogen-bond donors (Lipinski definition) is 2. The van der Waals surface area contributed by atoms with Crippen molar-refractivity contribution in [3.05, 3.63) is 76.8 Å². The second-order valence-corrected chi connectivity index (χ2v) is 8.98. The van der Waals surface area contributed by atoms with Crippen molar-refractivity contribution in [2.45, 2.75) is 32.4 Å². The molecule has 1 aromatic heterocycles. The highest BCUT2D eigenvalue weighted by Crippen LogP contribution is 2.28. The third-order valence-electron chi connectivity index (χ3n) is 5.47. The molecule has 7 heteroatoms. The molecule has 3 aromatic rings. The van der Waals surface area contributed by atoms with Gasteiger partial charge in [0.1, 0.15) is 10.5 Å². The number of amides is 2. The molecule has 6 nitrogen and oxygen atoms in total. The number of carbonyl (C=O) groups excluding carboxylic acids is 3. The molecule has 2 amide bonds. The van der Waals surface area contributed by atoms with Crippen molar-refractivity contribution in [2.75, 3.05) is 0 Å². The van der Waals surface area contributed by atoms with Gasteiger partial charge in [0.05, 0.1) is 12.2 Å². The zero-order valence-electron chi connectivity index (χ0n) is 17.3. The fourth-order valence-electron chi connectivity index (χ4n) is 3.78. The highest BCUT2D eigenvalue weighted by Gasteiger charge is 2.52. The number of Topliss-reactive ketones (excluding diaryl/α,β-unsaturated/α-hetero) is 1. The second kappa shape index (κ2) is 8.43. The number of aryl methyl sites for hydroxylation is 1. The van der Waals surface area contributed by atoms with Crippen LogP contribution < -0.4 is 10.6 Å². The number of aromatic nitrogens is 1. The molecular weight excluding hydrogens is 410 g/mol. The van der Waals surface area contributed by atoms with Crippen LogP contribution >= 0.6 is 11.3 Å². The van der Waals surface area contributed by atoms with Crippen LogP contribution in [-0.2, 0) is 27.3 Å². The number of carbonyl (C=O) groups is 3. The first-order valence-electron chi connectivity index (χ1n) is 10.1. The van der Waals surface area contributed by atoms with Crippen LogP contribution in [0.15, 0.2) is 60.7 Å². The zero-order valence-corrected chi connectivity index (χ0v) is 18.2. The van der Waals surface area contributed by atoms with E-state index in [2.05, 4.69) is 15.6 Å². The number of hydrogen-bond acceptors (Lipinski definition) is 5. The van der Waals surface area contributed by atoms with Crippen molar-refractivity contribution in [1.82, 2.24) is 15.6 Å². The molecule has 1 aliphatic heterocycles. The van der Waals surface area contributed by atoms with Crippen molar-refractivity contribution in [3.8, 4) is 10.6 Å². The average molecular weight is 434 g/mol. The van der Waals surface area contributed by atoms with Crippen LogP contribution in [0.5, 0.6) is 0 Å². The molecule has 4 rings (SSSR count). The van der Waals surface area contributed by atoms with Crippen LogP contribution in [0.2, 0.25) is 0 Å². The minimum atomic E-state index is -1.34. The van der Waals surface area contributed by atoms with Gasteiger partial charge in [-0.1, -0.05) is 60.7 Å². The molecule has 2 aromatic carbocycles. The summed E-state index contributed by atoms with van der Waals surface area (Å²) in [5, 5.41) is 6.36. The standard InChI is InChI=1S/C24H23N3O3S/c1-15-18(31-23(26-15)17-11-7-4-8-12-17)14-25-21(29)19-20(28)24(2,27-22(19)30)13-16-9-5-3-6-10-16/h3-12,19H,13-14H2,1-2H3,(H,25,29)(H,27,30). The van der Waals surface area contributed by atoms with Crippen molar-refractivity contribution < 1.29 is 14.4 Å². The smallest absolute Gasteiger partial charge is 0.241 e. The van der Waals surface area contributed by atoms with Crippen molar-refractivity contribution >= 4 is 28.9 Å². The lowest BCUT2D eigenvalue weighted by Crippen LogP contribution is -2.46. The summed E-state index contributed by atoms with van der Waals surface area (Å²) in [7, 11) is 0. The summed E-state index contributed by atoms with van der Waals surface area (Å²) in [6.07, 6.45) is 0.344. The van der Waals surface area contributed by atoms with Gasteiger partial charge in [-0.2, -0.15) is 0 Å². The Labute approximate surface area is 184 Å². The molecule has 31 heavy (non-hydrogen) atoms. The molecule has 2 heterocycles. The number of ketones is 1. The number of benzene rings is 2. The maximum atomic E-state index is 13.0. The number of nitrogens with one attached hydrogen (secondary N) is 2. The Morgan fingerprint density at radius 2 is 1.74 bits per heavy atom. The maximum Gasteiger partial charge on any atom is 0.241 e. The Kier molecular flexibility index (Phi) is 5.69. The predicted octanol–water partition coefficient (Wildman–Crippen LogP) is 3.05. The lowest BCUT2D eigenvalue weighted by Gasteiger charge is -2.22. The minimum Gasteiger partial charge on any atom is -0.350 e. The summed E-state index contributed by atoms with van der Waals surface area (Å²) in [5.74, 6) is -2.86. The summed E-state index contributed by atoms with van der Waals surface area (Å²) in [5.41, 5.74) is 1.66. The number of rotatable bonds is 6. The first kappa shape index (κ1) is 20.9. The van der Waals surface area contributed by atoms with E-state index in [1.807, 2.05) is 67.6 Å². The third-order valence-corrected chi connectivity index (χ3v) is 6.67. The molecule has 0 bridgehead atoms. The van der Waals surface area contributed by atoms with Gasteiger partial charge < -0.3 is 10.6 Å². The molecule has 0 saturated carbocycles. The monoisotopic (exact) mass is 433 g/mol. The molecule has 1 aliphatic rings. The van der Waals surface area contributed by atoms with Gasteiger partial charge in [-0.05, 0) is 19.4 Å². The number of thiazole rings is 1. The first-order valence-corrected chi connectivity index (χ1v) is 10.9. The van der Waals surface area contributed by atoms with E-state index in [-0.39, 0.29) is 6.54 Å². The van der Waals surface area contributed by atoms with Gasteiger partial charge in [0, 0.05) is 16.9 Å². The van der Waals surface area contributed by atoms with Crippen LogP contribution in [0.3, 0.4) is 0 Å². The van der Waals surface area contributed by atoms with Crippen LogP contribution in [0.4, 0.5) is 0 Å². The zero-order chi connectivity index (χ0) is 22.0. The van der Waals surface area contributed by atoms with Crippen LogP contribution in [-0.4, -0.2) is 28.1 Å². The van der Waals surface area contributed by atoms with E-state index < -0.39 is 29.1 Å². The van der Waals surface area contributed by atoms with Gasteiger partial charge in [0.25, 0.3) is 0 Å². The summed E-state index contributed by atoms with van der Waals surface area (Å²) >= 11 is 1.49. The lowest BCUT2D eigenvalue weighted by atomic mass is 9.86. The lowest BCUT2D eigenvalue weighted by molar-refractivity contribution is -0.138. The number of nitrogens with zero attached hydrogens (tertiary/aromatic N) is 1. The van der Waals surface area contributed by atoms with E-state index in [1.54, 1.807) is 6.92 Å².